The zero-order valence-electron chi connectivity index (χ0n) is 44.2. The van der Waals surface area contributed by atoms with E-state index in [1.165, 1.54) is 95.0 Å². The molecule has 0 N–H and O–H groups in total. The summed E-state index contributed by atoms with van der Waals surface area (Å²) in [7, 11) is 0. The lowest BCUT2D eigenvalue weighted by molar-refractivity contribution is 1.04. The molecule has 0 saturated carbocycles. The highest BCUT2D eigenvalue weighted by molar-refractivity contribution is 6.26. The summed E-state index contributed by atoms with van der Waals surface area (Å²) in [5, 5.41) is 9.87. The van der Waals surface area contributed by atoms with E-state index < -0.39 is 0 Å². The van der Waals surface area contributed by atoms with Crippen molar-refractivity contribution in [3.05, 3.63) is 260 Å². The fraction of sp³-hybridized carbons (Fsp3) is 0.111. The predicted molar refractivity (Wildman–Crippen MR) is 329 cm³/mol. The Morgan fingerprint density at radius 1 is 0.480 bits per heavy atom. The van der Waals surface area contributed by atoms with Crippen molar-refractivity contribution >= 4 is 66.3 Å². The highest BCUT2D eigenvalue weighted by atomic mass is 15.0. The van der Waals surface area contributed by atoms with E-state index in [1.54, 1.807) is 12.2 Å². The van der Waals surface area contributed by atoms with Crippen molar-refractivity contribution in [3.63, 3.8) is 0 Å². The van der Waals surface area contributed by atoms with Crippen molar-refractivity contribution in [1.82, 2.24) is 14.5 Å². The maximum absolute atomic E-state index is 5.30. The monoisotopic (exact) mass is 972 g/mol. The Kier molecular flexibility index (Phi) is 16.1. The van der Waals surface area contributed by atoms with Gasteiger partial charge in [0, 0.05) is 27.6 Å². The first-order chi connectivity index (χ1) is 36.8. The molecule has 2 heterocycles. The second kappa shape index (κ2) is 23.7. The summed E-state index contributed by atoms with van der Waals surface area (Å²) in [5.74, 6) is 0. The Morgan fingerprint density at radius 3 is 1.64 bits per heavy atom. The standard InChI is InChI=1S/C59H43N3.C6H8.C4H8.C3H6/c1-5-16-53-52(6-2)60-58(46-28-27-44-34-43(25-26-45(44)35-46)39-17-8-7-9-18-39)57(61-53)40-29-31-47(32-30-40)62-54-24-15-14-23-50(54)56-49-22-13-12-21-48(49)55(38(4)59(56)62)51-36-42-20-11-10-19-41(42)33-37(51)3;1-2-4-6-5-3-1;1-3-4-2;1-3-2/h5-36H,2H2,1,3-4H3;1-4H,5-6H2;3-4H,1-2H3;3H,1H2,2H3/b16-5-;;4-3-;. The Hall–Kier alpha value is -8.92. The van der Waals surface area contributed by atoms with E-state index in [-0.39, 0.29) is 0 Å². The van der Waals surface area contributed by atoms with Gasteiger partial charge in [-0.05, 0) is 169 Å². The van der Waals surface area contributed by atoms with Crippen LogP contribution in [-0.4, -0.2) is 14.5 Å². The van der Waals surface area contributed by atoms with E-state index in [4.69, 9.17) is 9.97 Å². The first-order valence-electron chi connectivity index (χ1n) is 26.1. The molecule has 11 aromatic rings. The molecule has 0 radical (unpaired) electrons. The quantitative estimate of drug-likeness (QED) is 0.149. The van der Waals surface area contributed by atoms with E-state index in [9.17, 15) is 0 Å². The molecule has 0 aliphatic heterocycles. The predicted octanol–water partition coefficient (Wildman–Crippen LogP) is 20.7. The molecule has 0 saturated heterocycles. The SMILES string of the molecule is C/C=C\C.C1=CCCC=C1.C=CC.C=Cc1nc(-c2ccc3cc(-c4ccccc4)ccc3c2)c(-c2ccc(-n3c4ccccc4c4c5ccccc5c(-c5cc6ccccc6cc5C)c(C)c43)cc2)nc1/C=C\C. The number of nitrogens with zero attached hydrogens (tertiary/aromatic N) is 3. The van der Waals surface area contributed by atoms with Crippen LogP contribution in [0.2, 0.25) is 0 Å². The van der Waals surface area contributed by atoms with Crippen molar-refractivity contribution in [2.75, 3.05) is 0 Å². The number of para-hydroxylation sites is 1. The fourth-order valence-corrected chi connectivity index (χ4v) is 10.2. The zero-order chi connectivity index (χ0) is 52.3. The Morgan fingerprint density at radius 2 is 1.01 bits per heavy atom. The van der Waals surface area contributed by atoms with Gasteiger partial charge in [0.1, 0.15) is 0 Å². The topological polar surface area (TPSA) is 30.7 Å². The minimum atomic E-state index is 0.753. The third-order valence-corrected chi connectivity index (χ3v) is 13.7. The van der Waals surface area contributed by atoms with Gasteiger partial charge in [0.2, 0.25) is 0 Å². The van der Waals surface area contributed by atoms with Gasteiger partial charge >= 0.3 is 0 Å². The minimum Gasteiger partial charge on any atom is -0.309 e. The maximum Gasteiger partial charge on any atom is 0.0973 e. The molecule has 3 heteroatoms. The van der Waals surface area contributed by atoms with Gasteiger partial charge in [0.05, 0.1) is 33.8 Å². The average Bonchev–Trinajstić information content (AvgIpc) is 3.89. The van der Waals surface area contributed by atoms with Crippen molar-refractivity contribution in [2.45, 2.75) is 54.4 Å². The summed E-state index contributed by atoms with van der Waals surface area (Å²) in [5.41, 5.74) is 16.2. The van der Waals surface area contributed by atoms with Crippen LogP contribution < -0.4 is 0 Å². The van der Waals surface area contributed by atoms with Crippen LogP contribution in [0.5, 0.6) is 0 Å². The lowest BCUT2D eigenvalue weighted by Crippen LogP contribution is -2.01. The van der Waals surface area contributed by atoms with Crippen molar-refractivity contribution in [1.29, 1.82) is 0 Å². The smallest absolute Gasteiger partial charge is 0.0973 e. The normalized spacial score (nSPS) is 11.9. The lowest BCUT2D eigenvalue weighted by Gasteiger charge is -2.18. The molecule has 2 aromatic heterocycles. The van der Waals surface area contributed by atoms with Gasteiger partial charge in [0.25, 0.3) is 0 Å². The van der Waals surface area contributed by atoms with Crippen LogP contribution in [-0.2, 0) is 0 Å². The summed E-state index contributed by atoms with van der Waals surface area (Å²) < 4.78 is 2.46. The number of aryl methyl sites for hydroxylation is 2. The third-order valence-electron chi connectivity index (χ3n) is 13.7. The average molecular weight is 972 g/mol. The van der Waals surface area contributed by atoms with Crippen LogP contribution in [0.15, 0.2) is 238 Å². The van der Waals surface area contributed by atoms with E-state index in [0.29, 0.717) is 0 Å². The number of allylic oxidation sites excluding steroid dienone is 8. The van der Waals surface area contributed by atoms with E-state index in [1.807, 2.05) is 52.0 Å². The van der Waals surface area contributed by atoms with Gasteiger partial charge < -0.3 is 4.57 Å². The van der Waals surface area contributed by atoms with Gasteiger partial charge in [-0.15, -0.1) is 6.58 Å². The van der Waals surface area contributed by atoms with Crippen LogP contribution in [0.25, 0.3) is 117 Å². The molecule has 12 rings (SSSR count). The summed E-state index contributed by atoms with van der Waals surface area (Å²) >= 11 is 0. The first-order valence-corrected chi connectivity index (χ1v) is 26.1. The zero-order valence-corrected chi connectivity index (χ0v) is 44.2. The van der Waals surface area contributed by atoms with Gasteiger partial charge in [0.15, 0.2) is 0 Å². The highest BCUT2D eigenvalue weighted by Gasteiger charge is 2.23. The molecule has 0 atom stereocenters. The Bertz CT molecular complexity index is 3960. The van der Waals surface area contributed by atoms with Crippen LogP contribution in [0.4, 0.5) is 0 Å². The van der Waals surface area contributed by atoms with E-state index in [0.717, 1.165) is 45.0 Å². The highest BCUT2D eigenvalue weighted by Crippen LogP contribution is 2.46. The number of hydrogen-bond acceptors (Lipinski definition) is 2. The molecule has 3 nitrogen and oxygen atoms in total. The molecule has 1 aliphatic rings. The van der Waals surface area contributed by atoms with Gasteiger partial charge in [-0.25, -0.2) is 9.97 Å². The molecule has 0 spiro atoms. The number of aromatic nitrogens is 3. The molecule has 75 heavy (non-hydrogen) atoms. The van der Waals surface area contributed by atoms with Crippen LogP contribution in [0.1, 0.15) is 63.1 Å². The third kappa shape index (κ3) is 10.6. The summed E-state index contributed by atoms with van der Waals surface area (Å²) in [6.07, 6.45) is 22.6. The summed E-state index contributed by atoms with van der Waals surface area (Å²) in [6, 6.07) is 63.8. The molecular formula is C72H65N3. The van der Waals surface area contributed by atoms with Gasteiger partial charge in [-0.1, -0.05) is 195 Å². The molecule has 368 valence electrons. The number of fused-ring (bicyclic) bond motifs is 7. The maximum atomic E-state index is 5.30. The largest absolute Gasteiger partial charge is 0.309 e. The molecular weight excluding hydrogens is 907 g/mol. The van der Waals surface area contributed by atoms with E-state index in [2.05, 4.69) is 232 Å². The van der Waals surface area contributed by atoms with E-state index >= 15 is 0 Å². The Labute approximate surface area is 443 Å². The van der Waals surface area contributed by atoms with Gasteiger partial charge in [-0.3, -0.25) is 0 Å². The van der Waals surface area contributed by atoms with Crippen LogP contribution >= 0.6 is 0 Å². The van der Waals surface area contributed by atoms with Gasteiger partial charge in [-0.2, -0.15) is 0 Å². The molecule has 0 fully saturated rings. The summed E-state index contributed by atoms with van der Waals surface area (Å²) in [6.45, 7) is 19.9. The lowest BCUT2D eigenvalue weighted by atomic mass is 9.87. The van der Waals surface area contributed by atoms with Crippen molar-refractivity contribution in [2.24, 2.45) is 0 Å². The Balaban J connectivity index is 0.000000473. The number of rotatable bonds is 7. The second-order valence-electron chi connectivity index (χ2n) is 18.7. The van der Waals surface area contributed by atoms with Crippen molar-refractivity contribution < 1.29 is 0 Å². The number of hydrogen-bond donors (Lipinski definition) is 0. The van der Waals surface area contributed by atoms with Crippen molar-refractivity contribution in [3.8, 4) is 50.5 Å². The minimum absolute atomic E-state index is 0.753. The molecule has 1 aliphatic carbocycles. The summed E-state index contributed by atoms with van der Waals surface area (Å²) in [4.78, 5) is 10.6. The number of benzene rings is 9. The van der Waals surface area contributed by atoms with Crippen LogP contribution in [0.3, 0.4) is 0 Å². The fourth-order valence-electron chi connectivity index (χ4n) is 10.2. The first kappa shape index (κ1) is 51.0. The van der Waals surface area contributed by atoms with Crippen LogP contribution in [0, 0.1) is 13.8 Å². The molecule has 0 bridgehead atoms. The molecule has 9 aromatic carbocycles. The molecule has 0 unspecified atom stereocenters. The molecule has 0 amide bonds. The second-order valence-corrected chi connectivity index (χ2v) is 18.7.